The van der Waals surface area contributed by atoms with Gasteiger partial charge >= 0.3 is 0 Å². The fraction of sp³-hybridized carbons (Fsp3) is 0.412. The second kappa shape index (κ2) is 7.46. The van der Waals surface area contributed by atoms with Gasteiger partial charge in [0.2, 0.25) is 0 Å². The lowest BCUT2D eigenvalue weighted by Crippen LogP contribution is -2.14. The van der Waals surface area contributed by atoms with Gasteiger partial charge in [0.1, 0.15) is 12.4 Å². The van der Waals surface area contributed by atoms with E-state index in [1.807, 2.05) is 0 Å². The van der Waals surface area contributed by atoms with E-state index in [1.54, 1.807) is 11.3 Å². The molecule has 20 heavy (non-hydrogen) atoms. The van der Waals surface area contributed by atoms with Crippen LogP contribution in [-0.4, -0.2) is 6.54 Å². The zero-order valence-corrected chi connectivity index (χ0v) is 13.3. The van der Waals surface area contributed by atoms with Crippen molar-refractivity contribution < 1.29 is 4.74 Å². The molecule has 2 nitrogen and oxygen atoms in total. The zero-order valence-electron chi connectivity index (χ0n) is 12.5. The van der Waals surface area contributed by atoms with Crippen LogP contribution in [0.15, 0.2) is 29.0 Å². The molecule has 0 radical (unpaired) electrons. The lowest BCUT2D eigenvalue weighted by Gasteiger charge is -2.14. The second-order valence-corrected chi connectivity index (χ2v) is 5.94. The average molecular weight is 289 g/mol. The zero-order chi connectivity index (χ0) is 14.4. The Bertz CT molecular complexity index is 511. The van der Waals surface area contributed by atoms with Gasteiger partial charge in [-0.3, -0.25) is 0 Å². The number of hydrogen-bond acceptors (Lipinski definition) is 3. The molecule has 1 aromatic carbocycles. The van der Waals surface area contributed by atoms with Crippen LogP contribution in [0.1, 0.15) is 35.6 Å². The van der Waals surface area contributed by atoms with Gasteiger partial charge in [-0.05, 0) is 65.9 Å². The maximum atomic E-state index is 5.98. The van der Waals surface area contributed by atoms with E-state index in [0.717, 1.165) is 18.8 Å². The average Bonchev–Trinajstić information content (AvgIpc) is 2.91. The van der Waals surface area contributed by atoms with Crippen molar-refractivity contribution in [2.24, 2.45) is 0 Å². The van der Waals surface area contributed by atoms with Gasteiger partial charge in [-0.2, -0.15) is 11.3 Å². The molecule has 0 fully saturated rings. The molecule has 0 bridgehead atoms. The van der Waals surface area contributed by atoms with Gasteiger partial charge < -0.3 is 10.1 Å². The van der Waals surface area contributed by atoms with Crippen LogP contribution in [0.4, 0.5) is 0 Å². The van der Waals surface area contributed by atoms with Gasteiger partial charge in [-0.25, -0.2) is 0 Å². The van der Waals surface area contributed by atoms with E-state index in [4.69, 9.17) is 4.74 Å². The molecule has 0 aliphatic carbocycles. The summed E-state index contributed by atoms with van der Waals surface area (Å²) >= 11 is 1.71. The predicted octanol–water partition coefficient (Wildman–Crippen LogP) is 4.44. The molecule has 0 aliphatic heterocycles. The maximum Gasteiger partial charge on any atom is 0.125 e. The fourth-order valence-corrected chi connectivity index (χ4v) is 2.96. The molecule has 1 heterocycles. The Labute approximate surface area is 125 Å². The highest BCUT2D eigenvalue weighted by Gasteiger charge is 2.07. The van der Waals surface area contributed by atoms with Gasteiger partial charge in [0.15, 0.2) is 0 Å². The minimum atomic E-state index is 0.651. The predicted molar refractivity (Wildman–Crippen MR) is 86.6 cm³/mol. The smallest absolute Gasteiger partial charge is 0.125 e. The number of rotatable bonds is 7. The van der Waals surface area contributed by atoms with Crippen LogP contribution >= 0.6 is 11.3 Å². The van der Waals surface area contributed by atoms with E-state index in [0.29, 0.717) is 6.61 Å². The van der Waals surface area contributed by atoms with Gasteiger partial charge in [-0.15, -0.1) is 0 Å². The van der Waals surface area contributed by atoms with Crippen LogP contribution in [0.5, 0.6) is 5.75 Å². The van der Waals surface area contributed by atoms with Gasteiger partial charge in [0.05, 0.1) is 0 Å². The summed E-state index contributed by atoms with van der Waals surface area (Å²) in [6, 6.07) is 6.55. The minimum Gasteiger partial charge on any atom is -0.488 e. The first kappa shape index (κ1) is 15.1. The Balaban J connectivity index is 2.02. The molecule has 0 unspecified atom stereocenters. The van der Waals surface area contributed by atoms with Crippen LogP contribution < -0.4 is 10.1 Å². The number of thiophene rings is 1. The Morgan fingerprint density at radius 2 is 1.90 bits per heavy atom. The molecular formula is C17H23NOS. The molecule has 108 valence electrons. The first-order valence-corrected chi connectivity index (χ1v) is 8.09. The first-order chi connectivity index (χ1) is 9.70. The summed E-state index contributed by atoms with van der Waals surface area (Å²) < 4.78 is 5.98. The SMILES string of the molecule is CCCNCc1cc(C)c(OCc2ccsc2)c(C)c1. The van der Waals surface area contributed by atoms with Gasteiger partial charge in [0, 0.05) is 6.54 Å². The quantitative estimate of drug-likeness (QED) is 0.761. The molecule has 2 aromatic rings. The number of hydrogen-bond donors (Lipinski definition) is 1. The third kappa shape index (κ3) is 4.09. The molecule has 1 aromatic heterocycles. The van der Waals surface area contributed by atoms with Crippen molar-refractivity contribution in [2.75, 3.05) is 6.54 Å². The topological polar surface area (TPSA) is 21.3 Å². The van der Waals surface area contributed by atoms with Crippen LogP contribution in [0.25, 0.3) is 0 Å². The van der Waals surface area contributed by atoms with Crippen LogP contribution in [-0.2, 0) is 13.2 Å². The number of aryl methyl sites for hydroxylation is 2. The highest BCUT2D eigenvalue weighted by atomic mass is 32.1. The van der Waals surface area contributed by atoms with Crippen molar-refractivity contribution in [3.63, 3.8) is 0 Å². The summed E-state index contributed by atoms with van der Waals surface area (Å²) in [5.74, 6) is 1.02. The van der Waals surface area contributed by atoms with Crippen molar-refractivity contribution in [1.82, 2.24) is 5.32 Å². The van der Waals surface area contributed by atoms with Crippen molar-refractivity contribution in [3.05, 3.63) is 51.2 Å². The minimum absolute atomic E-state index is 0.651. The van der Waals surface area contributed by atoms with Gasteiger partial charge in [-0.1, -0.05) is 19.1 Å². The molecule has 0 atom stereocenters. The second-order valence-electron chi connectivity index (χ2n) is 5.16. The largest absolute Gasteiger partial charge is 0.488 e. The standard InChI is InChI=1S/C17H23NOS/c1-4-6-18-10-16-8-13(2)17(14(3)9-16)19-11-15-5-7-20-12-15/h5,7-9,12,18H,4,6,10-11H2,1-3H3. The summed E-state index contributed by atoms with van der Waals surface area (Å²) in [5, 5.41) is 7.66. The number of benzene rings is 1. The lowest BCUT2D eigenvalue weighted by molar-refractivity contribution is 0.302. The third-order valence-corrected chi connectivity index (χ3v) is 3.97. The fourth-order valence-electron chi connectivity index (χ4n) is 2.31. The van der Waals surface area contributed by atoms with E-state index in [9.17, 15) is 0 Å². The van der Waals surface area contributed by atoms with E-state index in [1.165, 1.54) is 28.7 Å². The van der Waals surface area contributed by atoms with Crippen molar-refractivity contribution in [2.45, 2.75) is 40.3 Å². The van der Waals surface area contributed by atoms with Crippen molar-refractivity contribution >= 4 is 11.3 Å². The van der Waals surface area contributed by atoms with E-state index in [2.05, 4.69) is 55.0 Å². The Morgan fingerprint density at radius 3 is 2.50 bits per heavy atom. The highest BCUT2D eigenvalue weighted by molar-refractivity contribution is 7.07. The maximum absolute atomic E-state index is 5.98. The Morgan fingerprint density at radius 1 is 1.15 bits per heavy atom. The third-order valence-electron chi connectivity index (χ3n) is 3.24. The normalized spacial score (nSPS) is 10.8. The summed E-state index contributed by atoms with van der Waals surface area (Å²) in [4.78, 5) is 0. The molecule has 0 saturated heterocycles. The molecule has 1 N–H and O–H groups in total. The molecule has 3 heteroatoms. The Hall–Kier alpha value is -1.32. The van der Waals surface area contributed by atoms with Crippen LogP contribution in [0.3, 0.4) is 0 Å². The van der Waals surface area contributed by atoms with Crippen LogP contribution in [0.2, 0.25) is 0 Å². The first-order valence-electron chi connectivity index (χ1n) is 7.15. The molecule has 0 amide bonds. The van der Waals surface area contributed by atoms with E-state index < -0.39 is 0 Å². The number of nitrogens with one attached hydrogen (secondary N) is 1. The van der Waals surface area contributed by atoms with Crippen molar-refractivity contribution in [1.29, 1.82) is 0 Å². The lowest BCUT2D eigenvalue weighted by atomic mass is 10.1. The van der Waals surface area contributed by atoms with Gasteiger partial charge in [0.25, 0.3) is 0 Å². The summed E-state index contributed by atoms with van der Waals surface area (Å²) in [6.07, 6.45) is 1.17. The molecule has 0 saturated carbocycles. The Kier molecular flexibility index (Phi) is 5.62. The number of ether oxygens (including phenoxy) is 1. The highest BCUT2D eigenvalue weighted by Crippen LogP contribution is 2.26. The molecular weight excluding hydrogens is 266 g/mol. The van der Waals surface area contributed by atoms with Crippen LogP contribution in [0, 0.1) is 13.8 Å². The van der Waals surface area contributed by atoms with E-state index >= 15 is 0 Å². The van der Waals surface area contributed by atoms with E-state index in [-0.39, 0.29) is 0 Å². The monoisotopic (exact) mass is 289 g/mol. The molecule has 0 aliphatic rings. The summed E-state index contributed by atoms with van der Waals surface area (Å²) in [5.41, 5.74) is 5.00. The summed E-state index contributed by atoms with van der Waals surface area (Å²) in [7, 11) is 0. The summed E-state index contributed by atoms with van der Waals surface area (Å²) in [6.45, 7) is 9.08. The van der Waals surface area contributed by atoms with Crippen molar-refractivity contribution in [3.8, 4) is 5.75 Å². The molecule has 2 rings (SSSR count). The molecule has 0 spiro atoms.